The minimum atomic E-state index is -0.837. The molecule has 1 heterocycles. The summed E-state index contributed by atoms with van der Waals surface area (Å²) >= 11 is 0. The Bertz CT molecular complexity index is 1040. The van der Waals surface area contributed by atoms with E-state index in [2.05, 4.69) is 29.6 Å². The van der Waals surface area contributed by atoms with Crippen molar-refractivity contribution in [3.8, 4) is 11.1 Å². The van der Waals surface area contributed by atoms with Gasteiger partial charge in [-0.3, -0.25) is 9.59 Å². The Balaban J connectivity index is 1.21. The molecule has 0 bridgehead atoms. The normalized spacial score (nSPS) is 20.0. The Kier molecular flexibility index (Phi) is 7.73. The van der Waals surface area contributed by atoms with Crippen LogP contribution in [-0.2, 0) is 14.3 Å². The van der Waals surface area contributed by atoms with Gasteiger partial charge in [0.2, 0.25) is 5.91 Å². The standard InChI is InChI=1S/C28H34N2O5/c1-18-14-15-30(16-24(18)27(32)33)26(31)13-7-8-19(2)29-28(34)35-17-25-22-11-5-3-9-20(22)21-10-4-6-12-23(21)25/h3-6,9-12,18-19,24-25H,7-8,13-17H2,1-2H3,(H,29,34)(H,32,33). The van der Waals surface area contributed by atoms with E-state index < -0.39 is 18.0 Å². The molecule has 7 heteroatoms. The summed E-state index contributed by atoms with van der Waals surface area (Å²) in [5.74, 6) is -1.25. The van der Waals surface area contributed by atoms with Crippen molar-refractivity contribution >= 4 is 18.0 Å². The number of alkyl carbamates (subject to hydrolysis) is 1. The molecule has 0 saturated carbocycles. The molecular weight excluding hydrogens is 444 g/mol. The van der Waals surface area contributed by atoms with E-state index in [9.17, 15) is 19.5 Å². The molecule has 3 unspecified atom stereocenters. The topological polar surface area (TPSA) is 95.9 Å². The first-order valence-electron chi connectivity index (χ1n) is 12.5. The van der Waals surface area contributed by atoms with Crippen molar-refractivity contribution in [1.29, 1.82) is 0 Å². The van der Waals surface area contributed by atoms with E-state index in [1.807, 2.05) is 38.1 Å². The number of piperidine rings is 1. The molecule has 2 N–H and O–H groups in total. The summed E-state index contributed by atoms with van der Waals surface area (Å²) in [4.78, 5) is 38.1. The first-order valence-corrected chi connectivity index (χ1v) is 12.5. The Morgan fingerprint density at radius 3 is 2.34 bits per heavy atom. The molecule has 1 aliphatic carbocycles. The van der Waals surface area contributed by atoms with Crippen LogP contribution in [0, 0.1) is 11.8 Å². The number of nitrogens with zero attached hydrogens (tertiary/aromatic N) is 1. The first kappa shape index (κ1) is 24.8. The zero-order chi connectivity index (χ0) is 24.9. The number of benzene rings is 2. The molecule has 1 aliphatic heterocycles. The van der Waals surface area contributed by atoms with Gasteiger partial charge >= 0.3 is 12.1 Å². The second kappa shape index (κ2) is 10.9. The van der Waals surface area contributed by atoms with E-state index in [0.717, 1.165) is 0 Å². The maximum atomic E-state index is 12.5. The van der Waals surface area contributed by atoms with Crippen molar-refractivity contribution in [3.63, 3.8) is 0 Å². The van der Waals surface area contributed by atoms with Crippen molar-refractivity contribution in [1.82, 2.24) is 10.2 Å². The number of carboxylic acid groups (broad SMARTS) is 1. The zero-order valence-electron chi connectivity index (χ0n) is 20.4. The number of carboxylic acids is 1. The van der Waals surface area contributed by atoms with Gasteiger partial charge in [-0.15, -0.1) is 0 Å². The summed E-state index contributed by atoms with van der Waals surface area (Å²) in [5.41, 5.74) is 4.72. The molecule has 0 spiro atoms. The van der Waals surface area contributed by atoms with Crippen LogP contribution in [0.2, 0.25) is 0 Å². The number of aliphatic carboxylic acids is 1. The van der Waals surface area contributed by atoms with Crippen molar-refractivity contribution in [2.45, 2.75) is 51.5 Å². The van der Waals surface area contributed by atoms with E-state index in [4.69, 9.17) is 4.74 Å². The molecule has 3 atom stereocenters. The summed E-state index contributed by atoms with van der Waals surface area (Å²) < 4.78 is 5.60. The number of hydrogen-bond acceptors (Lipinski definition) is 4. The molecule has 2 aromatic rings. The Morgan fingerprint density at radius 2 is 1.71 bits per heavy atom. The fraction of sp³-hybridized carbons (Fsp3) is 0.464. The third-order valence-corrected chi connectivity index (χ3v) is 7.36. The highest BCUT2D eigenvalue weighted by Crippen LogP contribution is 2.44. The van der Waals surface area contributed by atoms with Gasteiger partial charge in [0.1, 0.15) is 6.61 Å². The molecular formula is C28H34N2O5. The summed E-state index contributed by atoms with van der Waals surface area (Å²) in [7, 11) is 0. The van der Waals surface area contributed by atoms with Gasteiger partial charge in [0, 0.05) is 31.5 Å². The van der Waals surface area contributed by atoms with Gasteiger partial charge in [0.05, 0.1) is 5.92 Å². The predicted molar refractivity (Wildman–Crippen MR) is 133 cm³/mol. The number of hydrogen-bond donors (Lipinski definition) is 2. The fourth-order valence-corrected chi connectivity index (χ4v) is 5.25. The molecule has 0 radical (unpaired) electrons. The summed E-state index contributed by atoms with van der Waals surface area (Å²) in [5, 5.41) is 12.2. The maximum Gasteiger partial charge on any atom is 0.407 e. The molecule has 2 aliphatic rings. The fourth-order valence-electron chi connectivity index (χ4n) is 5.25. The van der Waals surface area contributed by atoms with Crippen molar-refractivity contribution in [3.05, 3.63) is 59.7 Å². The van der Waals surface area contributed by atoms with Crippen LogP contribution in [0.15, 0.2) is 48.5 Å². The number of ether oxygens (including phenoxy) is 1. The van der Waals surface area contributed by atoms with Crippen LogP contribution in [-0.4, -0.2) is 53.7 Å². The lowest BCUT2D eigenvalue weighted by molar-refractivity contribution is -0.148. The summed E-state index contributed by atoms with van der Waals surface area (Å²) in [6, 6.07) is 16.3. The smallest absolute Gasteiger partial charge is 0.407 e. The number of likely N-dealkylation sites (tertiary alicyclic amines) is 1. The SMILES string of the molecule is CC(CCCC(=O)N1CCC(C)C(C(=O)O)C1)NC(=O)OCC1c2ccccc2-c2ccccc21. The monoisotopic (exact) mass is 478 g/mol. The van der Waals surface area contributed by atoms with Crippen molar-refractivity contribution < 1.29 is 24.2 Å². The van der Waals surface area contributed by atoms with Gasteiger partial charge in [-0.2, -0.15) is 0 Å². The molecule has 7 nitrogen and oxygen atoms in total. The number of nitrogens with one attached hydrogen (secondary N) is 1. The average molecular weight is 479 g/mol. The quantitative estimate of drug-likeness (QED) is 0.576. The molecule has 1 saturated heterocycles. The van der Waals surface area contributed by atoms with Gasteiger partial charge in [0.25, 0.3) is 0 Å². The molecule has 35 heavy (non-hydrogen) atoms. The van der Waals surface area contributed by atoms with Crippen LogP contribution in [0.3, 0.4) is 0 Å². The molecule has 2 aromatic carbocycles. The van der Waals surface area contributed by atoms with E-state index in [1.165, 1.54) is 22.3 Å². The van der Waals surface area contributed by atoms with Gasteiger partial charge in [0.15, 0.2) is 0 Å². The first-order chi connectivity index (χ1) is 16.8. The van der Waals surface area contributed by atoms with Crippen LogP contribution in [0.5, 0.6) is 0 Å². The number of rotatable bonds is 8. The van der Waals surface area contributed by atoms with E-state index in [1.54, 1.807) is 4.90 Å². The highest BCUT2D eigenvalue weighted by atomic mass is 16.5. The second-order valence-electron chi connectivity index (χ2n) is 9.81. The lowest BCUT2D eigenvalue weighted by Crippen LogP contribution is -2.45. The minimum Gasteiger partial charge on any atom is -0.481 e. The van der Waals surface area contributed by atoms with E-state index >= 15 is 0 Å². The average Bonchev–Trinajstić information content (AvgIpc) is 3.16. The molecule has 186 valence electrons. The third-order valence-electron chi connectivity index (χ3n) is 7.36. The second-order valence-corrected chi connectivity index (χ2v) is 9.81. The van der Waals surface area contributed by atoms with Crippen LogP contribution < -0.4 is 5.32 Å². The largest absolute Gasteiger partial charge is 0.481 e. The van der Waals surface area contributed by atoms with E-state index in [-0.39, 0.29) is 36.9 Å². The Hall–Kier alpha value is -3.35. The third kappa shape index (κ3) is 5.66. The zero-order valence-corrected chi connectivity index (χ0v) is 20.4. The van der Waals surface area contributed by atoms with Gasteiger partial charge in [-0.1, -0.05) is 55.5 Å². The molecule has 0 aromatic heterocycles. The van der Waals surface area contributed by atoms with Crippen LogP contribution in [0.4, 0.5) is 4.79 Å². The Morgan fingerprint density at radius 1 is 1.09 bits per heavy atom. The van der Waals surface area contributed by atoms with Crippen LogP contribution >= 0.6 is 0 Å². The van der Waals surface area contributed by atoms with Gasteiger partial charge < -0.3 is 20.1 Å². The van der Waals surface area contributed by atoms with Crippen molar-refractivity contribution in [2.24, 2.45) is 11.8 Å². The van der Waals surface area contributed by atoms with Crippen LogP contribution in [0.1, 0.15) is 56.6 Å². The lowest BCUT2D eigenvalue weighted by atomic mass is 9.87. The van der Waals surface area contributed by atoms with Crippen molar-refractivity contribution in [2.75, 3.05) is 19.7 Å². The predicted octanol–water partition coefficient (Wildman–Crippen LogP) is 4.65. The summed E-state index contributed by atoms with van der Waals surface area (Å²) in [6.45, 7) is 4.98. The maximum absolute atomic E-state index is 12.5. The van der Waals surface area contributed by atoms with Gasteiger partial charge in [-0.25, -0.2) is 4.79 Å². The molecule has 2 amide bonds. The molecule has 4 rings (SSSR count). The lowest BCUT2D eigenvalue weighted by Gasteiger charge is -2.35. The number of carbonyl (C=O) groups excluding carboxylic acids is 2. The van der Waals surface area contributed by atoms with Gasteiger partial charge in [-0.05, 0) is 54.4 Å². The number of fused-ring (bicyclic) bond motifs is 3. The highest BCUT2D eigenvalue weighted by Gasteiger charge is 2.33. The minimum absolute atomic E-state index is 0.0166. The van der Waals surface area contributed by atoms with E-state index in [0.29, 0.717) is 32.2 Å². The molecule has 1 fully saturated rings. The Labute approximate surface area is 206 Å². The summed E-state index contributed by atoms with van der Waals surface area (Å²) in [6.07, 6.45) is 1.86. The van der Waals surface area contributed by atoms with Crippen LogP contribution in [0.25, 0.3) is 11.1 Å². The number of carbonyl (C=O) groups is 3. The highest BCUT2D eigenvalue weighted by molar-refractivity contribution is 5.79. The number of amides is 2.